The summed E-state index contributed by atoms with van der Waals surface area (Å²) >= 11 is 7.62. The lowest BCUT2D eigenvalue weighted by Crippen LogP contribution is -2.43. The quantitative estimate of drug-likeness (QED) is 0.0590. The third kappa shape index (κ3) is 13.4. The zero-order chi connectivity index (χ0) is 49.2. The number of sulfonamides is 1. The van der Waals surface area contributed by atoms with E-state index in [0.29, 0.717) is 82.0 Å². The molecule has 69 heavy (non-hydrogen) atoms. The van der Waals surface area contributed by atoms with E-state index in [1.54, 1.807) is 19.2 Å². The molecule has 0 bridgehead atoms. The average Bonchev–Trinajstić information content (AvgIpc) is 3.34. The van der Waals surface area contributed by atoms with E-state index in [-0.39, 0.29) is 30.0 Å². The van der Waals surface area contributed by atoms with Gasteiger partial charge in [-0.1, -0.05) is 66.2 Å². The molecule has 5 aromatic rings. The first-order chi connectivity index (χ1) is 33.0. The van der Waals surface area contributed by atoms with Crippen molar-refractivity contribution in [2.45, 2.75) is 51.5 Å². The number of ether oxygens (including phenoxy) is 1. The number of thioether (sulfide) groups is 1. The van der Waals surface area contributed by atoms with Gasteiger partial charge in [0.15, 0.2) is 0 Å². The van der Waals surface area contributed by atoms with Crippen molar-refractivity contribution in [3.8, 4) is 11.1 Å². The minimum absolute atomic E-state index is 0.0521. The lowest BCUT2D eigenvalue weighted by molar-refractivity contribution is -0.121. The van der Waals surface area contributed by atoms with Gasteiger partial charge >= 0.3 is 5.51 Å². The van der Waals surface area contributed by atoms with Crippen molar-refractivity contribution < 1.29 is 44.3 Å². The number of likely N-dealkylation sites (N-methyl/N-ethyl adjacent to an activating group) is 1. The Hall–Kier alpha value is -5.15. The topological polar surface area (TPSA) is 166 Å². The maximum Gasteiger partial charge on any atom is 0.501 e. The van der Waals surface area contributed by atoms with Gasteiger partial charge < -0.3 is 25.6 Å². The Morgan fingerprint density at radius 1 is 0.841 bits per heavy atom. The molecule has 368 valence electrons. The molecule has 5 aromatic carbocycles. The number of anilines is 2. The van der Waals surface area contributed by atoms with Gasteiger partial charge in [-0.2, -0.15) is 13.2 Å². The van der Waals surface area contributed by atoms with Crippen LogP contribution in [0.1, 0.15) is 41.2 Å². The van der Waals surface area contributed by atoms with E-state index >= 15 is 0 Å². The van der Waals surface area contributed by atoms with Gasteiger partial charge in [0.05, 0.1) is 36.4 Å². The fraction of sp³-hybridized carbons (Fsp3) is 0.347. The Labute approximate surface area is 410 Å². The highest BCUT2D eigenvalue weighted by Gasteiger charge is 2.48. The van der Waals surface area contributed by atoms with Crippen LogP contribution in [0.2, 0.25) is 5.02 Å². The summed E-state index contributed by atoms with van der Waals surface area (Å²) in [6.07, 6.45) is 1.85. The number of rotatable bonds is 19. The molecule has 2 heterocycles. The molecule has 1 unspecified atom stereocenters. The molecule has 4 N–H and O–H groups in total. The number of morpholine rings is 1. The van der Waals surface area contributed by atoms with Gasteiger partial charge in [-0.3, -0.25) is 14.5 Å². The van der Waals surface area contributed by atoms with Crippen LogP contribution in [0.3, 0.4) is 0 Å². The van der Waals surface area contributed by atoms with Gasteiger partial charge in [0.25, 0.3) is 25.8 Å². The van der Waals surface area contributed by atoms with Crippen LogP contribution in [0.25, 0.3) is 11.1 Å². The molecular weight excluding hydrogens is 973 g/mol. The van der Waals surface area contributed by atoms with E-state index < -0.39 is 52.8 Å². The number of carbonyl (C=O) groups is 2. The Morgan fingerprint density at radius 2 is 1.51 bits per heavy atom. The van der Waals surface area contributed by atoms with Crippen molar-refractivity contribution in [3.05, 3.63) is 137 Å². The van der Waals surface area contributed by atoms with Crippen LogP contribution >= 0.6 is 23.4 Å². The van der Waals surface area contributed by atoms with E-state index in [1.165, 1.54) is 23.9 Å². The van der Waals surface area contributed by atoms with E-state index in [4.69, 9.17) is 16.3 Å². The number of nitrogens with zero attached hydrogens (tertiary/aromatic N) is 2. The fourth-order valence-corrected chi connectivity index (χ4v) is 11.6. The number of alkyl halides is 3. The number of carbonyl (C=O) groups excluding carboxylic acids is 2. The third-order valence-corrected chi connectivity index (χ3v) is 16.4. The van der Waals surface area contributed by atoms with E-state index in [2.05, 4.69) is 25.8 Å². The molecule has 2 atom stereocenters. The van der Waals surface area contributed by atoms with Crippen LogP contribution in [0, 0.1) is 5.92 Å². The van der Waals surface area contributed by atoms with Crippen LogP contribution < -0.4 is 25.6 Å². The zero-order valence-corrected chi connectivity index (χ0v) is 41.0. The highest BCUT2D eigenvalue weighted by atomic mass is 35.5. The first kappa shape index (κ1) is 51.7. The second-order valence-electron chi connectivity index (χ2n) is 16.8. The Balaban J connectivity index is 1.04. The number of hydrogen-bond acceptors (Lipinski definition) is 12. The molecule has 0 spiro atoms. The smallest absolute Gasteiger partial charge is 0.380 e. The summed E-state index contributed by atoms with van der Waals surface area (Å²) < 4.78 is 103. The second kappa shape index (κ2) is 23.2. The average molecular weight is 1030 g/mol. The normalized spacial score (nSPS) is 16.1. The molecule has 0 aromatic heterocycles. The number of amides is 2. The number of nitrogens with one attached hydrogen (secondary N) is 4. The van der Waals surface area contributed by atoms with E-state index in [9.17, 15) is 39.6 Å². The number of hydrogen-bond donors (Lipinski definition) is 4. The molecule has 0 radical (unpaired) electrons. The highest BCUT2D eigenvalue weighted by molar-refractivity contribution is 7.99. The summed E-state index contributed by atoms with van der Waals surface area (Å²) in [5, 5.41) is 9.77. The molecule has 13 nitrogen and oxygen atoms in total. The monoisotopic (exact) mass is 1030 g/mol. The molecule has 2 amide bonds. The summed E-state index contributed by atoms with van der Waals surface area (Å²) in [6, 6.07) is 32.6. The minimum atomic E-state index is -6.08. The molecular formula is C49H54ClF3N6O7S3. The summed E-state index contributed by atoms with van der Waals surface area (Å²) in [4.78, 5) is 29.5. The Kier molecular flexibility index (Phi) is 17.4. The second-order valence-corrected chi connectivity index (χ2v) is 21.9. The van der Waals surface area contributed by atoms with Gasteiger partial charge in [0, 0.05) is 65.7 Å². The van der Waals surface area contributed by atoms with Crippen LogP contribution in [-0.2, 0) is 29.4 Å². The first-order valence-corrected chi connectivity index (χ1v) is 26.8. The summed E-state index contributed by atoms with van der Waals surface area (Å²) in [6.45, 7) is 4.33. The van der Waals surface area contributed by atoms with Crippen molar-refractivity contribution in [1.29, 1.82) is 0 Å². The maximum atomic E-state index is 14.2. The van der Waals surface area contributed by atoms with Gasteiger partial charge in [-0.15, -0.1) is 11.8 Å². The number of benzene rings is 5. The van der Waals surface area contributed by atoms with Gasteiger partial charge in [0.2, 0.25) is 5.91 Å². The summed E-state index contributed by atoms with van der Waals surface area (Å²) in [5.41, 5.74) is -2.54. The number of piperidine rings is 1. The molecule has 2 aliphatic rings. The predicted octanol–water partition coefficient (Wildman–Crippen LogP) is 8.01. The van der Waals surface area contributed by atoms with Crippen LogP contribution in [0.5, 0.6) is 0 Å². The standard InChI is InChI=1S/C49H54ClF3N6O7S3/c1-54-32-46(60)56-47(43-10-6-5-9-42(43)34-11-15-37(50)16-12-34)35-21-25-59(26-22-35)39-17-13-36(14-18-39)48(61)57-69(64,65)41-19-20-44(45(31-41)68(62,63)49(51,52)53)55-38(23-24-58-27-29-66-30-28-58)33-67-40-7-3-2-4-8-40/h2-20,31,35,38,47,54-55H,21-30,32-33H2,1H3,(H,56,60)(H,57,61)/t38-,47?/m1/s1. The first-order valence-electron chi connectivity index (χ1n) is 22.4. The fourth-order valence-electron chi connectivity index (χ4n) is 8.48. The molecule has 0 saturated carbocycles. The molecule has 0 aliphatic carbocycles. The molecule has 2 fully saturated rings. The third-order valence-electron chi connectivity index (χ3n) is 12.1. The lowest BCUT2D eigenvalue weighted by Gasteiger charge is -2.38. The molecule has 7 rings (SSSR count). The van der Waals surface area contributed by atoms with Crippen molar-refractivity contribution in [2.75, 3.05) is 75.5 Å². The SMILES string of the molecule is CNCC(=O)NC(c1ccccc1-c1ccc(Cl)cc1)C1CCN(c2ccc(C(=O)NS(=O)(=O)c3ccc(N[C@H](CCN4CCOCC4)CSc4ccccc4)c(S(=O)(=O)C(F)(F)F)c3)cc2)CC1. The molecule has 2 aliphatic heterocycles. The van der Waals surface area contributed by atoms with Crippen molar-refractivity contribution in [1.82, 2.24) is 20.3 Å². The summed E-state index contributed by atoms with van der Waals surface area (Å²) in [5.74, 6) is -0.780. The number of halogens is 4. The van der Waals surface area contributed by atoms with Gasteiger partial charge in [0.1, 0.15) is 4.90 Å². The van der Waals surface area contributed by atoms with Gasteiger partial charge in [-0.25, -0.2) is 21.6 Å². The largest absolute Gasteiger partial charge is 0.501 e. The molecule has 2 saturated heterocycles. The lowest BCUT2D eigenvalue weighted by atomic mass is 9.82. The number of sulfone groups is 1. The Morgan fingerprint density at radius 3 is 2.17 bits per heavy atom. The highest BCUT2D eigenvalue weighted by Crippen LogP contribution is 2.39. The van der Waals surface area contributed by atoms with Crippen molar-refractivity contribution >= 4 is 66.4 Å². The van der Waals surface area contributed by atoms with Gasteiger partial charge in [-0.05, 0) is 116 Å². The van der Waals surface area contributed by atoms with Crippen molar-refractivity contribution in [2.24, 2.45) is 5.92 Å². The maximum absolute atomic E-state index is 14.2. The predicted molar refractivity (Wildman–Crippen MR) is 264 cm³/mol. The van der Waals surface area contributed by atoms with Crippen LogP contribution in [0.4, 0.5) is 24.5 Å². The Bertz CT molecular complexity index is 2760. The van der Waals surface area contributed by atoms with E-state index in [0.717, 1.165) is 39.4 Å². The molecule has 20 heteroatoms. The minimum Gasteiger partial charge on any atom is -0.380 e. The zero-order valence-electron chi connectivity index (χ0n) is 37.8. The van der Waals surface area contributed by atoms with Crippen LogP contribution in [-0.4, -0.2) is 110 Å². The van der Waals surface area contributed by atoms with E-state index in [1.807, 2.05) is 83.6 Å². The van der Waals surface area contributed by atoms with Crippen molar-refractivity contribution in [3.63, 3.8) is 0 Å². The summed E-state index contributed by atoms with van der Waals surface area (Å²) in [7, 11) is -9.26. The van der Waals surface area contributed by atoms with Crippen LogP contribution in [0.15, 0.2) is 136 Å².